The Morgan fingerprint density at radius 1 is 0.975 bits per heavy atom. The Morgan fingerprint density at radius 3 is 2.50 bits per heavy atom. The van der Waals surface area contributed by atoms with Crippen molar-refractivity contribution in [2.75, 3.05) is 11.9 Å². The number of aromatic amines is 2. The number of anilines is 1. The third-order valence-corrected chi connectivity index (χ3v) is 8.29. The van der Waals surface area contributed by atoms with E-state index in [1.807, 2.05) is 24.4 Å². The van der Waals surface area contributed by atoms with E-state index in [-0.39, 0.29) is 29.5 Å². The zero-order chi connectivity index (χ0) is 27.5. The Hall–Kier alpha value is -4.41. The SMILES string of the molecule is O=C(NC(Cc1ccc(O)cc1)C(=O)NC(CNc1nn[nH]n1)Cc1c[nH]c2ccccc12)C1CC2CC(C2)C1. The Balaban J connectivity index is 1.20. The predicted molar refractivity (Wildman–Crippen MR) is 149 cm³/mol. The number of benzene rings is 2. The molecule has 7 rings (SSSR count). The zero-order valence-electron chi connectivity index (χ0n) is 22.1. The number of phenols is 1. The molecule has 2 heterocycles. The molecule has 2 unspecified atom stereocenters. The molecule has 2 amide bonds. The molecule has 4 aromatic rings. The second-order valence-corrected chi connectivity index (χ2v) is 11.2. The number of H-pyrrole nitrogens is 2. The highest BCUT2D eigenvalue weighted by Crippen LogP contribution is 2.48. The van der Waals surface area contributed by atoms with Crippen LogP contribution in [0.25, 0.3) is 10.9 Å². The van der Waals surface area contributed by atoms with E-state index in [9.17, 15) is 14.7 Å². The lowest BCUT2D eigenvalue weighted by Crippen LogP contribution is -2.54. The third-order valence-electron chi connectivity index (χ3n) is 8.29. The summed E-state index contributed by atoms with van der Waals surface area (Å²) in [6.07, 6.45) is 7.07. The molecule has 0 aliphatic heterocycles. The molecule has 0 saturated heterocycles. The highest BCUT2D eigenvalue weighted by molar-refractivity contribution is 5.89. The number of para-hydroxylation sites is 1. The molecule has 2 aromatic heterocycles. The van der Waals surface area contributed by atoms with E-state index in [1.165, 1.54) is 12.8 Å². The molecular weight excluding hydrogens is 508 g/mol. The monoisotopic (exact) mass is 542 g/mol. The molecule has 0 spiro atoms. The van der Waals surface area contributed by atoms with Crippen molar-refractivity contribution in [3.05, 3.63) is 65.9 Å². The highest BCUT2D eigenvalue weighted by atomic mass is 16.3. The van der Waals surface area contributed by atoms with E-state index in [4.69, 9.17) is 0 Å². The largest absolute Gasteiger partial charge is 0.508 e. The number of phenolic OH excluding ortho intramolecular Hbond substituents is 1. The van der Waals surface area contributed by atoms with Crippen LogP contribution in [0.2, 0.25) is 0 Å². The second-order valence-electron chi connectivity index (χ2n) is 11.2. The van der Waals surface area contributed by atoms with Crippen molar-refractivity contribution in [1.82, 2.24) is 36.2 Å². The molecule has 3 fully saturated rings. The summed E-state index contributed by atoms with van der Waals surface area (Å²) in [5, 5.41) is 34.1. The van der Waals surface area contributed by atoms with Crippen LogP contribution in [0.4, 0.5) is 5.95 Å². The minimum absolute atomic E-state index is 0.0467. The standard InChI is InChI=1S/C29H34N8O3/c38-23-7-5-17(6-8-23)13-26(33-27(39)20-11-18-9-19(10-18)12-20)28(40)32-22(16-31-29-34-36-37-35-29)14-21-15-30-25-4-2-1-3-24(21)25/h1-8,15,18-20,22,26,30,38H,9-14,16H2,(H,32,40)(H,33,39)(H2,31,34,35,36,37). The van der Waals surface area contributed by atoms with Crippen LogP contribution in [0.3, 0.4) is 0 Å². The maximum atomic E-state index is 13.8. The van der Waals surface area contributed by atoms with Crippen molar-refractivity contribution < 1.29 is 14.7 Å². The Bertz CT molecular complexity index is 1440. The Labute approximate surface area is 231 Å². The zero-order valence-corrected chi connectivity index (χ0v) is 22.1. The molecule has 2 aromatic carbocycles. The smallest absolute Gasteiger partial charge is 0.263 e. The van der Waals surface area contributed by atoms with Gasteiger partial charge in [0.2, 0.25) is 11.8 Å². The summed E-state index contributed by atoms with van der Waals surface area (Å²) in [6, 6.07) is 13.7. The number of tetrazole rings is 1. The quantitative estimate of drug-likeness (QED) is 0.170. The summed E-state index contributed by atoms with van der Waals surface area (Å²) >= 11 is 0. The lowest BCUT2D eigenvalue weighted by molar-refractivity contribution is -0.134. The summed E-state index contributed by atoms with van der Waals surface area (Å²) in [5.41, 5.74) is 2.94. The van der Waals surface area contributed by atoms with Gasteiger partial charge in [-0.2, -0.15) is 5.21 Å². The second kappa shape index (κ2) is 11.4. The van der Waals surface area contributed by atoms with E-state index in [2.05, 4.69) is 47.6 Å². The van der Waals surface area contributed by atoms with Gasteiger partial charge < -0.3 is 26.0 Å². The van der Waals surface area contributed by atoms with Gasteiger partial charge in [0.05, 0.1) is 6.04 Å². The molecule has 208 valence electrons. The molecule has 0 radical (unpaired) electrons. The molecule has 11 nitrogen and oxygen atoms in total. The molecule has 11 heteroatoms. The van der Waals surface area contributed by atoms with Gasteiger partial charge in [-0.1, -0.05) is 35.4 Å². The highest BCUT2D eigenvalue weighted by Gasteiger charge is 2.41. The summed E-state index contributed by atoms with van der Waals surface area (Å²) in [7, 11) is 0. The van der Waals surface area contributed by atoms with Gasteiger partial charge in [-0.3, -0.25) is 9.59 Å². The maximum Gasteiger partial charge on any atom is 0.263 e. The first-order chi connectivity index (χ1) is 19.5. The van der Waals surface area contributed by atoms with Crippen LogP contribution in [0.15, 0.2) is 54.7 Å². The first-order valence-corrected chi connectivity index (χ1v) is 13.9. The van der Waals surface area contributed by atoms with Crippen LogP contribution >= 0.6 is 0 Å². The van der Waals surface area contributed by atoms with E-state index >= 15 is 0 Å². The van der Waals surface area contributed by atoms with Gasteiger partial charge in [0, 0.05) is 36.0 Å². The molecule has 2 bridgehead atoms. The number of hydrogen-bond acceptors (Lipinski definition) is 7. The number of aromatic hydroxyl groups is 1. The van der Waals surface area contributed by atoms with Crippen LogP contribution in [0.1, 0.15) is 36.8 Å². The molecule has 40 heavy (non-hydrogen) atoms. The maximum absolute atomic E-state index is 13.8. The molecule has 3 saturated carbocycles. The number of nitrogens with one attached hydrogen (secondary N) is 5. The van der Waals surface area contributed by atoms with Crippen LogP contribution in [-0.4, -0.2) is 61.2 Å². The molecule has 3 aliphatic carbocycles. The fraction of sp³-hybridized carbons (Fsp3) is 0.414. The van der Waals surface area contributed by atoms with Crippen molar-refractivity contribution in [1.29, 1.82) is 0 Å². The van der Waals surface area contributed by atoms with E-state index in [0.29, 0.717) is 37.2 Å². The predicted octanol–water partition coefficient (Wildman–Crippen LogP) is 2.69. The fourth-order valence-corrected chi connectivity index (χ4v) is 6.23. The van der Waals surface area contributed by atoms with Gasteiger partial charge in [0.15, 0.2) is 0 Å². The first-order valence-electron chi connectivity index (χ1n) is 13.9. The minimum Gasteiger partial charge on any atom is -0.508 e. The van der Waals surface area contributed by atoms with Gasteiger partial charge in [-0.05, 0) is 78.5 Å². The molecule has 2 atom stereocenters. The average molecular weight is 543 g/mol. The van der Waals surface area contributed by atoms with Gasteiger partial charge >= 0.3 is 0 Å². The van der Waals surface area contributed by atoms with Gasteiger partial charge in [-0.25, -0.2) is 0 Å². The van der Waals surface area contributed by atoms with Crippen molar-refractivity contribution in [2.24, 2.45) is 17.8 Å². The van der Waals surface area contributed by atoms with Crippen molar-refractivity contribution >= 4 is 28.7 Å². The number of fused-ring (bicyclic) bond motifs is 3. The van der Waals surface area contributed by atoms with Gasteiger partial charge in [0.1, 0.15) is 11.8 Å². The third kappa shape index (κ3) is 5.93. The number of hydrogen-bond donors (Lipinski definition) is 6. The van der Waals surface area contributed by atoms with Crippen molar-refractivity contribution in [2.45, 2.75) is 50.6 Å². The Morgan fingerprint density at radius 2 is 1.75 bits per heavy atom. The minimum atomic E-state index is -0.758. The number of aromatic nitrogens is 5. The van der Waals surface area contributed by atoms with Crippen molar-refractivity contribution in [3.63, 3.8) is 0 Å². The Kier molecular flexibility index (Phi) is 7.35. The molecular formula is C29H34N8O3. The van der Waals surface area contributed by atoms with Crippen LogP contribution in [0, 0.1) is 17.8 Å². The average Bonchev–Trinajstić information content (AvgIpc) is 3.62. The number of carbonyl (C=O) groups is 2. The first kappa shape index (κ1) is 25.8. The summed E-state index contributed by atoms with van der Waals surface area (Å²) in [4.78, 5) is 30.4. The lowest BCUT2D eigenvalue weighted by atomic mass is 9.61. The van der Waals surface area contributed by atoms with Gasteiger partial charge in [-0.15, -0.1) is 5.10 Å². The van der Waals surface area contributed by atoms with Crippen LogP contribution < -0.4 is 16.0 Å². The number of rotatable bonds is 11. The number of amides is 2. The lowest BCUT2D eigenvalue weighted by Gasteiger charge is -2.44. The fourth-order valence-electron chi connectivity index (χ4n) is 6.23. The number of carbonyl (C=O) groups excluding carboxylic acids is 2. The normalized spacial score (nSPS) is 21.2. The summed E-state index contributed by atoms with van der Waals surface area (Å²) in [6.45, 7) is 0.358. The van der Waals surface area contributed by atoms with Gasteiger partial charge in [0.25, 0.3) is 5.95 Å². The number of nitrogens with zero attached hydrogens (tertiary/aromatic N) is 3. The van der Waals surface area contributed by atoms with Crippen LogP contribution in [-0.2, 0) is 22.4 Å². The molecule has 3 aliphatic rings. The van der Waals surface area contributed by atoms with Crippen molar-refractivity contribution in [3.8, 4) is 5.75 Å². The topological polar surface area (TPSA) is 161 Å². The van der Waals surface area contributed by atoms with E-state index < -0.39 is 6.04 Å². The van der Waals surface area contributed by atoms with E-state index in [0.717, 1.165) is 34.9 Å². The summed E-state index contributed by atoms with van der Waals surface area (Å²) < 4.78 is 0. The van der Waals surface area contributed by atoms with Crippen LogP contribution in [0.5, 0.6) is 5.75 Å². The van der Waals surface area contributed by atoms with E-state index in [1.54, 1.807) is 24.3 Å². The summed E-state index contributed by atoms with van der Waals surface area (Å²) in [5.74, 6) is 1.40. The molecule has 6 N–H and O–H groups in total.